The quantitative estimate of drug-likeness (QED) is 0.614. The fourth-order valence-electron chi connectivity index (χ4n) is 2.25. The molecule has 0 saturated carbocycles. The molecule has 1 N–H and O–H groups in total. The molecule has 0 aliphatic rings. The minimum absolute atomic E-state index is 0.245. The number of aryl methyl sites for hydroxylation is 1. The number of nitrogens with one attached hydrogen (secondary N) is 1. The van der Waals surface area contributed by atoms with Crippen molar-refractivity contribution in [2.45, 2.75) is 20.0 Å². The molecule has 0 fully saturated rings. The van der Waals surface area contributed by atoms with Crippen molar-refractivity contribution in [3.8, 4) is 17.4 Å². The number of aromatic nitrogens is 2. The highest BCUT2D eigenvalue weighted by atomic mass is 79.9. The molecule has 3 rings (SSSR count). The summed E-state index contributed by atoms with van der Waals surface area (Å²) in [7, 11) is 0. The summed E-state index contributed by atoms with van der Waals surface area (Å²) in [6, 6.07) is 12.7. The third-order valence-electron chi connectivity index (χ3n) is 3.64. The second-order valence-corrected chi connectivity index (χ2v) is 6.71. The van der Waals surface area contributed by atoms with Crippen molar-refractivity contribution in [3.05, 3.63) is 71.1 Å². The highest BCUT2D eigenvalue weighted by Gasteiger charge is 2.16. The van der Waals surface area contributed by atoms with Gasteiger partial charge in [0.25, 0.3) is 5.91 Å². The zero-order chi connectivity index (χ0) is 19.2. The van der Waals surface area contributed by atoms with Crippen LogP contribution in [0.1, 0.15) is 12.5 Å². The van der Waals surface area contributed by atoms with Crippen LogP contribution in [-0.4, -0.2) is 22.0 Å². The van der Waals surface area contributed by atoms with E-state index in [1.807, 2.05) is 25.1 Å². The number of nitrogens with zero attached hydrogens (tertiary/aromatic N) is 2. The van der Waals surface area contributed by atoms with E-state index in [4.69, 9.17) is 9.47 Å². The van der Waals surface area contributed by atoms with Crippen molar-refractivity contribution in [3.63, 3.8) is 0 Å². The van der Waals surface area contributed by atoms with Crippen LogP contribution >= 0.6 is 15.9 Å². The van der Waals surface area contributed by atoms with E-state index in [2.05, 4.69) is 31.2 Å². The van der Waals surface area contributed by atoms with Crippen LogP contribution < -0.4 is 14.8 Å². The standard InChI is InChI=1S/C20H18BrN3O3/c1-13-3-8-18(17(21)11-13)26-14(2)20(25)24-15-4-6-16(7-5-15)27-19-12-22-9-10-23-19/h3-12,14H,1-2H3,(H,24,25)/t14-/m1/s1. The van der Waals surface area contributed by atoms with Gasteiger partial charge >= 0.3 is 0 Å². The highest BCUT2D eigenvalue weighted by molar-refractivity contribution is 9.10. The number of benzene rings is 2. The highest BCUT2D eigenvalue weighted by Crippen LogP contribution is 2.27. The van der Waals surface area contributed by atoms with Crippen LogP contribution in [0.15, 0.2) is 65.5 Å². The number of anilines is 1. The monoisotopic (exact) mass is 427 g/mol. The van der Waals surface area contributed by atoms with E-state index >= 15 is 0 Å². The molecule has 1 heterocycles. The average Bonchev–Trinajstić information content (AvgIpc) is 2.66. The fraction of sp³-hybridized carbons (Fsp3) is 0.150. The lowest BCUT2D eigenvalue weighted by atomic mass is 10.2. The van der Waals surface area contributed by atoms with Gasteiger partial charge in [0.1, 0.15) is 11.5 Å². The van der Waals surface area contributed by atoms with Crippen molar-refractivity contribution >= 4 is 27.5 Å². The molecule has 27 heavy (non-hydrogen) atoms. The van der Waals surface area contributed by atoms with Crippen molar-refractivity contribution in [2.75, 3.05) is 5.32 Å². The summed E-state index contributed by atoms with van der Waals surface area (Å²) in [6.45, 7) is 3.69. The largest absolute Gasteiger partial charge is 0.480 e. The Hall–Kier alpha value is -2.93. The molecule has 7 heteroatoms. The molecule has 0 bridgehead atoms. The van der Waals surface area contributed by atoms with Gasteiger partial charge in [-0.3, -0.25) is 9.78 Å². The Labute approximate surface area is 165 Å². The molecule has 3 aromatic rings. The van der Waals surface area contributed by atoms with Gasteiger partial charge in [-0.1, -0.05) is 6.07 Å². The SMILES string of the molecule is Cc1ccc(O[C@H](C)C(=O)Nc2ccc(Oc3cnccn3)cc2)c(Br)c1. The lowest BCUT2D eigenvalue weighted by Gasteiger charge is -2.16. The summed E-state index contributed by atoms with van der Waals surface area (Å²) in [6.07, 6.45) is 4.00. The Morgan fingerprint density at radius 3 is 2.59 bits per heavy atom. The van der Waals surface area contributed by atoms with Gasteiger partial charge in [0.2, 0.25) is 5.88 Å². The first kappa shape index (κ1) is 18.8. The minimum atomic E-state index is -0.653. The van der Waals surface area contributed by atoms with Crippen molar-refractivity contribution in [2.24, 2.45) is 0 Å². The summed E-state index contributed by atoms with van der Waals surface area (Å²) in [4.78, 5) is 20.4. The predicted molar refractivity (Wildman–Crippen MR) is 106 cm³/mol. The Balaban J connectivity index is 1.58. The average molecular weight is 428 g/mol. The summed E-state index contributed by atoms with van der Waals surface area (Å²) < 4.78 is 12.1. The number of hydrogen-bond acceptors (Lipinski definition) is 5. The lowest BCUT2D eigenvalue weighted by molar-refractivity contribution is -0.122. The molecule has 1 aromatic heterocycles. The van der Waals surface area contributed by atoms with E-state index in [-0.39, 0.29) is 5.91 Å². The van der Waals surface area contributed by atoms with Gasteiger partial charge in [0, 0.05) is 18.1 Å². The van der Waals surface area contributed by atoms with Gasteiger partial charge in [-0.05, 0) is 71.7 Å². The van der Waals surface area contributed by atoms with E-state index in [0.29, 0.717) is 23.1 Å². The smallest absolute Gasteiger partial charge is 0.265 e. The van der Waals surface area contributed by atoms with Gasteiger partial charge in [-0.15, -0.1) is 0 Å². The summed E-state index contributed by atoms with van der Waals surface area (Å²) >= 11 is 3.45. The van der Waals surface area contributed by atoms with E-state index in [9.17, 15) is 4.79 Å². The number of carbonyl (C=O) groups is 1. The molecule has 2 aromatic carbocycles. The Kier molecular flexibility index (Phi) is 6.03. The van der Waals surface area contributed by atoms with E-state index < -0.39 is 6.10 Å². The second kappa shape index (κ2) is 8.64. The number of carbonyl (C=O) groups excluding carboxylic acids is 1. The second-order valence-electron chi connectivity index (χ2n) is 5.85. The zero-order valence-electron chi connectivity index (χ0n) is 14.8. The zero-order valence-corrected chi connectivity index (χ0v) is 16.4. The van der Waals surface area contributed by atoms with Crippen LogP contribution in [0.4, 0.5) is 5.69 Å². The van der Waals surface area contributed by atoms with Gasteiger partial charge < -0.3 is 14.8 Å². The first-order valence-corrected chi connectivity index (χ1v) is 9.08. The predicted octanol–water partition coefficient (Wildman–Crippen LogP) is 4.75. The number of halogens is 1. The normalized spacial score (nSPS) is 11.5. The van der Waals surface area contributed by atoms with Crippen LogP contribution in [0, 0.1) is 6.92 Å². The molecule has 138 valence electrons. The summed E-state index contributed by atoms with van der Waals surface area (Å²) in [5, 5.41) is 2.82. The van der Waals surface area contributed by atoms with Crippen LogP contribution in [0.5, 0.6) is 17.4 Å². The third-order valence-corrected chi connectivity index (χ3v) is 4.26. The maximum Gasteiger partial charge on any atom is 0.265 e. The molecule has 0 saturated heterocycles. The number of ether oxygens (including phenoxy) is 2. The van der Waals surface area contributed by atoms with Crippen molar-refractivity contribution < 1.29 is 14.3 Å². The lowest BCUT2D eigenvalue weighted by Crippen LogP contribution is -2.30. The van der Waals surface area contributed by atoms with Crippen LogP contribution in [0.3, 0.4) is 0 Å². The first-order chi connectivity index (χ1) is 13.0. The molecule has 6 nitrogen and oxygen atoms in total. The summed E-state index contributed by atoms with van der Waals surface area (Å²) in [5.74, 6) is 1.38. The van der Waals surface area contributed by atoms with Crippen LogP contribution in [0.25, 0.3) is 0 Å². The Bertz CT molecular complexity index is 918. The molecule has 0 aliphatic heterocycles. The van der Waals surface area contributed by atoms with Gasteiger partial charge in [0.15, 0.2) is 6.10 Å². The molecule has 1 amide bonds. The van der Waals surface area contributed by atoms with Crippen molar-refractivity contribution in [1.82, 2.24) is 9.97 Å². The molecule has 0 spiro atoms. The van der Waals surface area contributed by atoms with E-state index in [1.165, 1.54) is 6.20 Å². The molecular formula is C20H18BrN3O3. The maximum atomic E-state index is 12.4. The number of hydrogen-bond donors (Lipinski definition) is 1. The topological polar surface area (TPSA) is 73.3 Å². The van der Waals surface area contributed by atoms with Gasteiger partial charge in [-0.25, -0.2) is 4.98 Å². The van der Waals surface area contributed by atoms with Gasteiger partial charge in [0.05, 0.1) is 10.7 Å². The minimum Gasteiger partial charge on any atom is -0.480 e. The maximum absolute atomic E-state index is 12.4. The molecule has 0 radical (unpaired) electrons. The Morgan fingerprint density at radius 2 is 1.93 bits per heavy atom. The van der Waals surface area contributed by atoms with E-state index in [0.717, 1.165) is 10.0 Å². The van der Waals surface area contributed by atoms with Crippen molar-refractivity contribution in [1.29, 1.82) is 0 Å². The molecule has 0 aliphatic carbocycles. The van der Waals surface area contributed by atoms with Crippen LogP contribution in [-0.2, 0) is 4.79 Å². The molecule has 0 unspecified atom stereocenters. The van der Waals surface area contributed by atoms with Gasteiger partial charge in [-0.2, -0.15) is 0 Å². The Morgan fingerprint density at radius 1 is 1.15 bits per heavy atom. The fourth-order valence-corrected chi connectivity index (χ4v) is 2.84. The van der Waals surface area contributed by atoms with E-state index in [1.54, 1.807) is 43.6 Å². The molecular weight excluding hydrogens is 410 g/mol. The van der Waals surface area contributed by atoms with Crippen LogP contribution in [0.2, 0.25) is 0 Å². The first-order valence-electron chi connectivity index (χ1n) is 8.29. The number of amides is 1. The molecule has 1 atom stereocenters. The third kappa shape index (κ3) is 5.27. The number of rotatable bonds is 6. The summed E-state index contributed by atoms with van der Waals surface area (Å²) in [5.41, 5.74) is 1.75.